The molecule has 2 heterocycles. The molecule has 0 unspecified atom stereocenters. The maximum Gasteiger partial charge on any atom is 0.254 e. The van der Waals surface area contributed by atoms with E-state index in [1.807, 2.05) is 23.1 Å². The molecule has 0 saturated carbocycles. The van der Waals surface area contributed by atoms with Crippen LogP contribution in [0.15, 0.2) is 24.3 Å². The van der Waals surface area contributed by atoms with E-state index in [9.17, 15) is 9.59 Å². The van der Waals surface area contributed by atoms with E-state index in [0.29, 0.717) is 30.3 Å². The molecular weight excluding hydrogens is 318 g/mol. The summed E-state index contributed by atoms with van der Waals surface area (Å²) in [6.45, 7) is 5.61. The average Bonchev–Trinajstić information content (AvgIpc) is 3.17. The lowest BCUT2D eigenvalue weighted by Gasteiger charge is -2.33. The Morgan fingerprint density at radius 3 is 2.68 bits per heavy atom. The van der Waals surface area contributed by atoms with Gasteiger partial charge in [-0.2, -0.15) is 0 Å². The third-order valence-corrected chi connectivity index (χ3v) is 5.42. The highest BCUT2D eigenvalue weighted by atomic mass is 16.5. The molecule has 6 heteroatoms. The standard InChI is InChI=1S/C19H27N3O3/c1-12(2)22-16(18(23)20-3)9-14-10-21(11-17(14)22)19(24)13-6-5-7-15(8-13)25-4/h5-8,12,14,16-17H,9-11H2,1-4H3,(H,20,23)/t14-,16-,17+/m0/s1. The van der Waals surface area contributed by atoms with Gasteiger partial charge >= 0.3 is 0 Å². The molecule has 136 valence electrons. The van der Waals surface area contributed by atoms with E-state index < -0.39 is 0 Å². The summed E-state index contributed by atoms with van der Waals surface area (Å²) in [6, 6.07) is 7.71. The van der Waals surface area contributed by atoms with E-state index in [1.165, 1.54) is 0 Å². The zero-order valence-corrected chi connectivity index (χ0v) is 15.4. The Morgan fingerprint density at radius 2 is 2.04 bits per heavy atom. The van der Waals surface area contributed by atoms with Crippen molar-refractivity contribution in [2.45, 2.75) is 38.4 Å². The lowest BCUT2D eigenvalue weighted by Crippen LogP contribution is -2.50. The largest absolute Gasteiger partial charge is 0.497 e. The fourth-order valence-electron chi connectivity index (χ4n) is 4.32. The molecule has 3 rings (SSSR count). The molecule has 0 bridgehead atoms. The molecule has 2 saturated heterocycles. The van der Waals surface area contributed by atoms with E-state index in [0.717, 1.165) is 6.42 Å². The first-order chi connectivity index (χ1) is 12.0. The van der Waals surface area contributed by atoms with Crippen molar-refractivity contribution in [1.29, 1.82) is 0 Å². The van der Waals surface area contributed by atoms with Gasteiger partial charge in [0.15, 0.2) is 0 Å². The van der Waals surface area contributed by atoms with Gasteiger partial charge in [-0.1, -0.05) is 6.07 Å². The zero-order chi connectivity index (χ0) is 18.1. The van der Waals surface area contributed by atoms with Crippen molar-refractivity contribution >= 4 is 11.8 Å². The third kappa shape index (κ3) is 3.23. The Hall–Kier alpha value is -2.08. The quantitative estimate of drug-likeness (QED) is 0.895. The molecule has 3 atom stereocenters. The van der Waals surface area contributed by atoms with Crippen LogP contribution in [-0.2, 0) is 4.79 Å². The predicted octanol–water partition coefficient (Wildman–Crippen LogP) is 1.36. The normalized spacial score (nSPS) is 26.0. The highest BCUT2D eigenvalue weighted by Crippen LogP contribution is 2.37. The predicted molar refractivity (Wildman–Crippen MR) is 95.6 cm³/mol. The Labute approximate surface area is 149 Å². The minimum atomic E-state index is -0.0888. The summed E-state index contributed by atoms with van der Waals surface area (Å²) in [5.74, 6) is 1.15. The lowest BCUT2D eigenvalue weighted by molar-refractivity contribution is -0.126. The Kier molecular flexibility index (Phi) is 4.99. The number of carbonyl (C=O) groups excluding carboxylic acids is 2. The zero-order valence-electron chi connectivity index (χ0n) is 15.4. The first-order valence-corrected chi connectivity index (χ1v) is 8.88. The molecule has 0 radical (unpaired) electrons. The molecule has 2 fully saturated rings. The third-order valence-electron chi connectivity index (χ3n) is 5.42. The van der Waals surface area contributed by atoms with Gasteiger partial charge in [-0.3, -0.25) is 14.5 Å². The molecule has 1 aromatic carbocycles. The van der Waals surface area contributed by atoms with Crippen molar-refractivity contribution in [3.8, 4) is 5.75 Å². The maximum atomic E-state index is 12.9. The number of benzene rings is 1. The molecule has 6 nitrogen and oxygen atoms in total. The fraction of sp³-hybridized carbons (Fsp3) is 0.579. The number of carbonyl (C=O) groups is 2. The van der Waals surface area contributed by atoms with Crippen molar-refractivity contribution in [2.75, 3.05) is 27.2 Å². The van der Waals surface area contributed by atoms with Crippen LogP contribution >= 0.6 is 0 Å². The molecule has 2 amide bonds. The monoisotopic (exact) mass is 345 g/mol. The highest BCUT2D eigenvalue weighted by Gasteiger charge is 2.50. The van der Waals surface area contributed by atoms with E-state index >= 15 is 0 Å². The number of rotatable bonds is 4. The smallest absolute Gasteiger partial charge is 0.254 e. The van der Waals surface area contributed by atoms with Crippen LogP contribution in [0.25, 0.3) is 0 Å². The summed E-state index contributed by atoms with van der Waals surface area (Å²) in [5.41, 5.74) is 0.651. The highest BCUT2D eigenvalue weighted by molar-refractivity contribution is 5.95. The van der Waals surface area contributed by atoms with Gasteiger partial charge in [0.05, 0.1) is 13.2 Å². The molecule has 2 aliphatic rings. The Balaban J connectivity index is 1.75. The number of likely N-dealkylation sites (N-methyl/N-ethyl adjacent to an activating group) is 1. The van der Waals surface area contributed by atoms with E-state index in [2.05, 4.69) is 24.1 Å². The van der Waals surface area contributed by atoms with Crippen LogP contribution < -0.4 is 10.1 Å². The summed E-state index contributed by atoms with van der Waals surface area (Å²) < 4.78 is 5.22. The second kappa shape index (κ2) is 7.04. The van der Waals surface area contributed by atoms with Gasteiger partial charge < -0.3 is 15.0 Å². The minimum Gasteiger partial charge on any atom is -0.497 e. The molecule has 0 spiro atoms. The summed E-state index contributed by atoms with van der Waals surface area (Å²) >= 11 is 0. The topological polar surface area (TPSA) is 61.9 Å². The number of likely N-dealkylation sites (tertiary alicyclic amines) is 2. The van der Waals surface area contributed by atoms with Crippen molar-refractivity contribution in [1.82, 2.24) is 15.1 Å². The Morgan fingerprint density at radius 1 is 1.28 bits per heavy atom. The van der Waals surface area contributed by atoms with E-state index in [-0.39, 0.29) is 29.9 Å². The second-order valence-corrected chi connectivity index (χ2v) is 7.18. The fourth-order valence-corrected chi connectivity index (χ4v) is 4.32. The van der Waals surface area contributed by atoms with Gasteiger partial charge in [0.2, 0.25) is 5.91 Å². The maximum absolute atomic E-state index is 12.9. The average molecular weight is 345 g/mol. The van der Waals surface area contributed by atoms with E-state index in [4.69, 9.17) is 4.74 Å². The molecule has 2 aliphatic heterocycles. The summed E-state index contributed by atoms with van der Waals surface area (Å²) in [6.07, 6.45) is 0.810. The van der Waals surface area contributed by atoms with Crippen LogP contribution in [0.5, 0.6) is 5.75 Å². The summed E-state index contributed by atoms with van der Waals surface area (Å²) in [4.78, 5) is 29.3. The van der Waals surface area contributed by atoms with Gasteiger partial charge in [0.25, 0.3) is 5.91 Å². The molecule has 1 N–H and O–H groups in total. The molecule has 1 aromatic rings. The van der Waals surface area contributed by atoms with Gasteiger partial charge in [-0.05, 0) is 44.4 Å². The van der Waals surface area contributed by atoms with Crippen LogP contribution in [0.2, 0.25) is 0 Å². The van der Waals surface area contributed by atoms with Crippen LogP contribution in [-0.4, -0.2) is 67.0 Å². The molecule has 25 heavy (non-hydrogen) atoms. The SMILES string of the molecule is CNC(=O)[C@@H]1C[C@H]2CN(C(=O)c3cccc(OC)c3)C[C@H]2N1C(C)C. The van der Waals surface area contributed by atoms with E-state index in [1.54, 1.807) is 20.2 Å². The number of ether oxygens (including phenoxy) is 1. The number of nitrogens with zero attached hydrogens (tertiary/aromatic N) is 2. The number of amides is 2. The first-order valence-electron chi connectivity index (χ1n) is 8.88. The van der Waals surface area contributed by atoms with Gasteiger partial charge in [0, 0.05) is 37.8 Å². The number of fused-ring (bicyclic) bond motifs is 1. The van der Waals surface area contributed by atoms with Crippen LogP contribution in [0.3, 0.4) is 0 Å². The molecule has 0 aliphatic carbocycles. The van der Waals surface area contributed by atoms with Crippen LogP contribution in [0.4, 0.5) is 0 Å². The minimum absolute atomic E-state index is 0.0356. The van der Waals surface area contributed by atoms with Gasteiger partial charge in [-0.15, -0.1) is 0 Å². The Bertz CT molecular complexity index is 661. The molecular formula is C19H27N3O3. The first kappa shape index (κ1) is 17.7. The number of hydrogen-bond acceptors (Lipinski definition) is 4. The van der Waals surface area contributed by atoms with Crippen molar-refractivity contribution < 1.29 is 14.3 Å². The van der Waals surface area contributed by atoms with Crippen LogP contribution in [0.1, 0.15) is 30.6 Å². The van der Waals surface area contributed by atoms with Crippen molar-refractivity contribution in [3.63, 3.8) is 0 Å². The van der Waals surface area contributed by atoms with Gasteiger partial charge in [0.1, 0.15) is 5.75 Å². The summed E-state index contributed by atoms with van der Waals surface area (Å²) in [5, 5.41) is 2.78. The number of nitrogens with one attached hydrogen (secondary N) is 1. The lowest BCUT2D eigenvalue weighted by atomic mass is 10.0. The van der Waals surface area contributed by atoms with Gasteiger partial charge in [-0.25, -0.2) is 0 Å². The molecule has 0 aromatic heterocycles. The second-order valence-electron chi connectivity index (χ2n) is 7.18. The summed E-state index contributed by atoms with van der Waals surface area (Å²) in [7, 11) is 3.29. The number of methoxy groups -OCH3 is 1. The van der Waals surface area contributed by atoms with Crippen molar-refractivity contribution in [2.24, 2.45) is 5.92 Å². The van der Waals surface area contributed by atoms with Crippen LogP contribution in [0, 0.1) is 5.92 Å². The number of hydrogen-bond donors (Lipinski definition) is 1. The van der Waals surface area contributed by atoms with Crippen molar-refractivity contribution in [3.05, 3.63) is 29.8 Å².